The molecule has 0 fully saturated rings. The van der Waals surface area contributed by atoms with E-state index < -0.39 is 12.1 Å². The van der Waals surface area contributed by atoms with Crippen LogP contribution in [0.4, 0.5) is 0 Å². The number of hydrogen-bond acceptors (Lipinski definition) is 3. The summed E-state index contributed by atoms with van der Waals surface area (Å²) in [4.78, 5) is 13.9. The van der Waals surface area contributed by atoms with Crippen molar-refractivity contribution in [1.82, 2.24) is 4.90 Å². The minimum atomic E-state index is -0.711. The Morgan fingerprint density at radius 2 is 2.11 bits per heavy atom. The topological polar surface area (TPSA) is 70.1 Å². The van der Waals surface area contributed by atoms with Crippen LogP contribution in [0, 0.1) is 25.2 Å². The molecule has 1 aliphatic heterocycles. The van der Waals surface area contributed by atoms with Crippen LogP contribution in [0.3, 0.4) is 0 Å². The van der Waals surface area contributed by atoms with E-state index in [1.54, 1.807) is 6.08 Å². The third-order valence-corrected chi connectivity index (χ3v) is 3.49. The third kappa shape index (κ3) is 2.38. The number of rotatable bonds is 2. The molecule has 1 aromatic rings. The molecule has 2 N–H and O–H groups in total. The van der Waals surface area contributed by atoms with Crippen LogP contribution in [0.5, 0.6) is 0 Å². The van der Waals surface area contributed by atoms with Gasteiger partial charge in [-0.3, -0.25) is 4.79 Å². The number of nitrogens with two attached hydrogens (primary N) is 1. The highest BCUT2D eigenvalue weighted by atomic mass is 16.2. The molecule has 0 aromatic heterocycles. The van der Waals surface area contributed by atoms with Gasteiger partial charge in [-0.1, -0.05) is 24.3 Å². The SMILES string of the molecule is Cc1cccc(C)c1C(N)C(=O)N1CC=C[C@H]1C#N. The minimum Gasteiger partial charge on any atom is -0.318 e. The van der Waals surface area contributed by atoms with Crippen molar-refractivity contribution in [1.29, 1.82) is 5.26 Å². The number of amides is 1. The zero-order chi connectivity index (χ0) is 14.0. The van der Waals surface area contributed by atoms with E-state index in [2.05, 4.69) is 6.07 Å². The van der Waals surface area contributed by atoms with E-state index in [0.717, 1.165) is 16.7 Å². The number of hydrogen-bond donors (Lipinski definition) is 1. The van der Waals surface area contributed by atoms with Crippen LogP contribution in [0.25, 0.3) is 0 Å². The molecule has 1 heterocycles. The summed E-state index contributed by atoms with van der Waals surface area (Å²) in [6, 6.07) is 6.72. The van der Waals surface area contributed by atoms with Gasteiger partial charge in [-0.25, -0.2) is 0 Å². The van der Waals surface area contributed by atoms with Crippen molar-refractivity contribution in [2.75, 3.05) is 6.54 Å². The lowest BCUT2D eigenvalue weighted by molar-refractivity contribution is -0.132. The fraction of sp³-hybridized carbons (Fsp3) is 0.333. The first-order chi connectivity index (χ1) is 9.06. The molecule has 1 aliphatic rings. The third-order valence-electron chi connectivity index (χ3n) is 3.49. The van der Waals surface area contributed by atoms with Crippen molar-refractivity contribution in [2.45, 2.75) is 25.9 Å². The Balaban J connectivity index is 2.28. The first kappa shape index (κ1) is 13.3. The Morgan fingerprint density at radius 3 is 2.68 bits per heavy atom. The van der Waals surface area contributed by atoms with Gasteiger partial charge in [0.2, 0.25) is 5.91 Å². The first-order valence-corrected chi connectivity index (χ1v) is 6.24. The van der Waals surface area contributed by atoms with E-state index in [4.69, 9.17) is 11.0 Å². The van der Waals surface area contributed by atoms with Gasteiger partial charge in [0, 0.05) is 6.54 Å². The monoisotopic (exact) mass is 255 g/mol. The Labute approximate surface area is 113 Å². The van der Waals surface area contributed by atoms with Crippen LogP contribution in [-0.4, -0.2) is 23.4 Å². The maximum absolute atomic E-state index is 12.4. The van der Waals surface area contributed by atoms with Gasteiger partial charge in [0.25, 0.3) is 0 Å². The quantitative estimate of drug-likeness (QED) is 0.816. The molecular weight excluding hydrogens is 238 g/mol. The summed E-state index contributed by atoms with van der Waals surface area (Å²) < 4.78 is 0. The fourth-order valence-electron chi connectivity index (χ4n) is 2.48. The van der Waals surface area contributed by atoms with Crippen molar-refractivity contribution in [3.63, 3.8) is 0 Å². The van der Waals surface area contributed by atoms with Gasteiger partial charge >= 0.3 is 0 Å². The highest BCUT2D eigenvalue weighted by molar-refractivity contribution is 5.85. The molecule has 1 unspecified atom stereocenters. The predicted molar refractivity (Wildman–Crippen MR) is 73.1 cm³/mol. The zero-order valence-corrected chi connectivity index (χ0v) is 11.1. The Morgan fingerprint density at radius 1 is 1.47 bits per heavy atom. The molecule has 0 spiro atoms. The molecule has 0 bridgehead atoms. The van der Waals surface area contributed by atoms with Gasteiger partial charge in [-0.05, 0) is 36.6 Å². The zero-order valence-electron chi connectivity index (χ0n) is 11.1. The van der Waals surface area contributed by atoms with Gasteiger partial charge in [0.05, 0.1) is 6.07 Å². The van der Waals surface area contributed by atoms with E-state index in [1.807, 2.05) is 38.1 Å². The predicted octanol–water partition coefficient (Wildman–Crippen LogP) is 1.59. The second-order valence-electron chi connectivity index (χ2n) is 4.78. The van der Waals surface area contributed by atoms with Gasteiger partial charge < -0.3 is 10.6 Å². The molecule has 1 amide bonds. The summed E-state index contributed by atoms with van der Waals surface area (Å²) in [7, 11) is 0. The summed E-state index contributed by atoms with van der Waals surface area (Å²) in [6.07, 6.45) is 3.55. The Kier molecular flexibility index (Phi) is 3.68. The van der Waals surface area contributed by atoms with Gasteiger partial charge in [-0.2, -0.15) is 5.26 Å². The van der Waals surface area contributed by atoms with Crippen molar-refractivity contribution in [2.24, 2.45) is 5.73 Å². The second kappa shape index (κ2) is 5.25. The van der Waals surface area contributed by atoms with E-state index in [9.17, 15) is 4.79 Å². The van der Waals surface area contributed by atoms with Crippen molar-refractivity contribution >= 4 is 5.91 Å². The van der Waals surface area contributed by atoms with E-state index in [1.165, 1.54) is 4.90 Å². The number of aryl methyl sites for hydroxylation is 2. The van der Waals surface area contributed by atoms with Crippen LogP contribution in [0.1, 0.15) is 22.7 Å². The molecular formula is C15H17N3O. The normalized spacial score (nSPS) is 19.3. The van der Waals surface area contributed by atoms with Gasteiger partial charge in [0.15, 0.2) is 0 Å². The highest BCUT2D eigenvalue weighted by Gasteiger charge is 2.30. The van der Waals surface area contributed by atoms with Crippen LogP contribution in [0.15, 0.2) is 30.4 Å². The van der Waals surface area contributed by atoms with Crippen LogP contribution < -0.4 is 5.73 Å². The van der Waals surface area contributed by atoms with Crippen molar-refractivity contribution in [3.8, 4) is 6.07 Å². The van der Waals surface area contributed by atoms with E-state index in [0.29, 0.717) is 6.54 Å². The molecule has 19 heavy (non-hydrogen) atoms. The Hall–Kier alpha value is -2.12. The van der Waals surface area contributed by atoms with Crippen LogP contribution >= 0.6 is 0 Å². The van der Waals surface area contributed by atoms with E-state index in [-0.39, 0.29) is 5.91 Å². The lowest BCUT2D eigenvalue weighted by atomic mass is 9.95. The number of carbonyl (C=O) groups excluding carboxylic acids is 1. The number of carbonyl (C=O) groups is 1. The van der Waals surface area contributed by atoms with Crippen LogP contribution in [0.2, 0.25) is 0 Å². The number of nitrogens with zero attached hydrogens (tertiary/aromatic N) is 2. The van der Waals surface area contributed by atoms with Crippen molar-refractivity contribution < 1.29 is 4.79 Å². The summed E-state index contributed by atoms with van der Waals surface area (Å²) >= 11 is 0. The summed E-state index contributed by atoms with van der Waals surface area (Å²) in [5.41, 5.74) is 8.97. The standard InChI is InChI=1S/C15H17N3O/c1-10-5-3-6-11(2)13(10)14(17)15(19)18-8-4-7-12(18)9-16/h3-7,12,14H,8,17H2,1-2H3/t12-,14?/m0/s1. The summed E-state index contributed by atoms with van der Waals surface area (Å²) in [5, 5.41) is 9.01. The Bertz CT molecular complexity index is 551. The lowest BCUT2D eigenvalue weighted by Crippen LogP contribution is -2.41. The maximum atomic E-state index is 12.4. The molecule has 2 atom stereocenters. The molecule has 98 valence electrons. The average Bonchev–Trinajstić information content (AvgIpc) is 2.85. The smallest absolute Gasteiger partial charge is 0.245 e. The fourth-order valence-corrected chi connectivity index (χ4v) is 2.48. The highest BCUT2D eigenvalue weighted by Crippen LogP contribution is 2.23. The molecule has 0 aliphatic carbocycles. The first-order valence-electron chi connectivity index (χ1n) is 6.24. The minimum absolute atomic E-state index is 0.200. The van der Waals surface area contributed by atoms with Crippen LogP contribution in [-0.2, 0) is 4.79 Å². The summed E-state index contributed by atoms with van der Waals surface area (Å²) in [5.74, 6) is -0.200. The molecule has 0 radical (unpaired) electrons. The second-order valence-corrected chi connectivity index (χ2v) is 4.78. The number of benzene rings is 1. The molecule has 4 heteroatoms. The molecule has 4 nitrogen and oxygen atoms in total. The maximum Gasteiger partial charge on any atom is 0.245 e. The molecule has 0 saturated heterocycles. The largest absolute Gasteiger partial charge is 0.318 e. The molecule has 1 aromatic carbocycles. The average molecular weight is 255 g/mol. The lowest BCUT2D eigenvalue weighted by Gasteiger charge is -2.25. The van der Waals surface area contributed by atoms with E-state index >= 15 is 0 Å². The number of nitriles is 1. The molecule has 0 saturated carbocycles. The van der Waals surface area contributed by atoms with Gasteiger partial charge in [-0.15, -0.1) is 0 Å². The van der Waals surface area contributed by atoms with Gasteiger partial charge in [0.1, 0.15) is 12.1 Å². The van der Waals surface area contributed by atoms with Crippen molar-refractivity contribution in [3.05, 3.63) is 47.0 Å². The summed E-state index contributed by atoms with van der Waals surface area (Å²) in [6.45, 7) is 4.34. The molecule has 2 rings (SSSR count).